The summed E-state index contributed by atoms with van der Waals surface area (Å²) in [6, 6.07) is 1.58. The van der Waals surface area contributed by atoms with Gasteiger partial charge in [0.25, 0.3) is 0 Å². The highest BCUT2D eigenvalue weighted by molar-refractivity contribution is 7.99. The molecule has 1 spiro atoms. The highest BCUT2D eigenvalue weighted by Gasteiger charge is 2.43. The van der Waals surface area contributed by atoms with Crippen LogP contribution in [0.15, 0.2) is 28.4 Å². The second kappa shape index (κ2) is 7.41. The first kappa shape index (κ1) is 18.7. The molecule has 6 nitrogen and oxygen atoms in total. The molecule has 0 amide bonds. The van der Waals surface area contributed by atoms with E-state index >= 15 is 0 Å². The number of nitrogens with two attached hydrogens (primary N) is 2. The average molecular weight is 409 g/mol. The van der Waals surface area contributed by atoms with Gasteiger partial charge in [0.05, 0.1) is 11.2 Å². The molecule has 1 saturated heterocycles. The molecule has 0 aromatic carbocycles. The van der Waals surface area contributed by atoms with Crippen molar-refractivity contribution in [3.8, 4) is 0 Å². The van der Waals surface area contributed by atoms with Crippen LogP contribution in [0.2, 0.25) is 5.02 Å². The number of halogens is 2. The predicted molar refractivity (Wildman–Crippen MR) is 105 cm³/mol. The quantitative estimate of drug-likeness (QED) is 0.750. The van der Waals surface area contributed by atoms with E-state index in [4.69, 9.17) is 23.1 Å². The van der Waals surface area contributed by atoms with Crippen molar-refractivity contribution in [3.63, 3.8) is 0 Å². The van der Waals surface area contributed by atoms with E-state index < -0.39 is 5.95 Å². The minimum Gasteiger partial charge on any atom is -0.381 e. The van der Waals surface area contributed by atoms with Gasteiger partial charge < -0.3 is 16.4 Å². The summed E-state index contributed by atoms with van der Waals surface area (Å²) in [5, 5.41) is 0.846. The van der Waals surface area contributed by atoms with Gasteiger partial charge >= 0.3 is 0 Å². The maximum absolute atomic E-state index is 13.3. The summed E-state index contributed by atoms with van der Waals surface area (Å²) in [5.41, 5.74) is 12.8. The molecule has 3 heterocycles. The summed E-state index contributed by atoms with van der Waals surface area (Å²) in [6.07, 6.45) is 8.75. The Morgan fingerprint density at radius 2 is 2.00 bits per heavy atom. The van der Waals surface area contributed by atoms with Gasteiger partial charge in [-0.25, -0.2) is 15.0 Å². The molecule has 2 aliphatic rings. The van der Waals surface area contributed by atoms with Crippen molar-refractivity contribution in [2.24, 2.45) is 11.1 Å². The molecule has 2 fully saturated rings. The Bertz CT molecular complexity index is 843. The normalized spacial score (nSPS) is 21.7. The molecule has 27 heavy (non-hydrogen) atoms. The zero-order chi connectivity index (χ0) is 19.0. The van der Waals surface area contributed by atoms with Crippen molar-refractivity contribution in [3.05, 3.63) is 29.4 Å². The topological polar surface area (TPSA) is 94.0 Å². The van der Waals surface area contributed by atoms with E-state index in [2.05, 4.69) is 19.9 Å². The van der Waals surface area contributed by atoms with Crippen LogP contribution in [-0.2, 0) is 0 Å². The molecule has 1 unspecified atom stereocenters. The van der Waals surface area contributed by atoms with E-state index in [0.717, 1.165) is 38.2 Å². The Hall–Kier alpha value is -1.64. The van der Waals surface area contributed by atoms with Gasteiger partial charge in [0.15, 0.2) is 5.82 Å². The third-order valence-corrected chi connectivity index (χ3v) is 7.28. The van der Waals surface area contributed by atoms with Crippen molar-refractivity contribution < 1.29 is 4.39 Å². The lowest BCUT2D eigenvalue weighted by atomic mass is 9.74. The van der Waals surface area contributed by atoms with Crippen molar-refractivity contribution in [1.29, 1.82) is 0 Å². The highest BCUT2D eigenvalue weighted by Crippen LogP contribution is 2.46. The number of hydrogen-bond acceptors (Lipinski definition) is 7. The lowest BCUT2D eigenvalue weighted by molar-refractivity contribution is 0.197. The van der Waals surface area contributed by atoms with Gasteiger partial charge in [-0.3, -0.25) is 0 Å². The number of piperidine rings is 1. The fourth-order valence-electron chi connectivity index (χ4n) is 4.16. The Morgan fingerprint density at radius 3 is 2.67 bits per heavy atom. The number of rotatable bonds is 3. The minimum atomic E-state index is -0.600. The first-order valence-corrected chi connectivity index (χ1v) is 10.3. The van der Waals surface area contributed by atoms with Crippen LogP contribution >= 0.6 is 23.4 Å². The van der Waals surface area contributed by atoms with Gasteiger partial charge in [0, 0.05) is 36.3 Å². The van der Waals surface area contributed by atoms with E-state index in [1.165, 1.54) is 36.9 Å². The van der Waals surface area contributed by atoms with E-state index in [9.17, 15) is 4.39 Å². The third-order valence-electron chi connectivity index (χ3n) is 5.80. The summed E-state index contributed by atoms with van der Waals surface area (Å²) in [7, 11) is 0. The highest BCUT2D eigenvalue weighted by atomic mass is 35.5. The number of nitrogens with zero attached hydrogens (tertiary/aromatic N) is 4. The molecule has 1 saturated carbocycles. The molecular formula is C18H22ClFN6S. The lowest BCUT2D eigenvalue weighted by Gasteiger charge is -2.42. The van der Waals surface area contributed by atoms with Gasteiger partial charge in [-0.15, -0.1) is 0 Å². The molecule has 1 aliphatic heterocycles. The van der Waals surface area contributed by atoms with Crippen molar-refractivity contribution >= 4 is 35.0 Å². The second-order valence-corrected chi connectivity index (χ2v) is 8.74. The van der Waals surface area contributed by atoms with E-state index in [0.29, 0.717) is 32.2 Å². The van der Waals surface area contributed by atoms with Gasteiger partial charge in [0.1, 0.15) is 10.8 Å². The molecule has 0 bridgehead atoms. The van der Waals surface area contributed by atoms with Crippen LogP contribution in [0.5, 0.6) is 0 Å². The van der Waals surface area contributed by atoms with Crippen LogP contribution in [-0.4, -0.2) is 34.1 Å². The largest absolute Gasteiger partial charge is 0.381 e. The van der Waals surface area contributed by atoms with Gasteiger partial charge in [-0.05, 0) is 31.1 Å². The van der Waals surface area contributed by atoms with E-state index in [1.807, 2.05) is 0 Å². The zero-order valence-corrected chi connectivity index (χ0v) is 16.4. The second-order valence-electron chi connectivity index (χ2n) is 7.31. The Balaban J connectivity index is 1.47. The van der Waals surface area contributed by atoms with E-state index in [1.54, 1.807) is 6.20 Å². The van der Waals surface area contributed by atoms with Crippen molar-refractivity contribution in [2.45, 2.75) is 48.1 Å². The Labute approximate surface area is 166 Å². The molecule has 1 atom stereocenters. The Morgan fingerprint density at radius 1 is 1.22 bits per heavy atom. The van der Waals surface area contributed by atoms with Crippen LogP contribution in [0.1, 0.15) is 32.1 Å². The number of aromatic nitrogens is 3. The Kier molecular flexibility index (Phi) is 5.13. The number of nitrogen functional groups attached to an aromatic ring is 1. The molecule has 4 rings (SSSR count). The molecule has 144 valence electrons. The molecule has 1 aliphatic carbocycles. The molecular weight excluding hydrogens is 387 g/mol. The van der Waals surface area contributed by atoms with Gasteiger partial charge in [-0.2, -0.15) is 4.39 Å². The van der Waals surface area contributed by atoms with Crippen molar-refractivity contribution in [1.82, 2.24) is 15.0 Å². The van der Waals surface area contributed by atoms with Crippen LogP contribution < -0.4 is 16.4 Å². The smallest absolute Gasteiger partial charge is 0.214 e. The van der Waals surface area contributed by atoms with E-state index in [-0.39, 0.29) is 0 Å². The van der Waals surface area contributed by atoms with Gasteiger partial charge in [-0.1, -0.05) is 29.8 Å². The van der Waals surface area contributed by atoms with Crippen LogP contribution in [0.3, 0.4) is 0 Å². The van der Waals surface area contributed by atoms with Crippen LogP contribution in [0.25, 0.3) is 0 Å². The number of anilines is 2. The first-order valence-electron chi connectivity index (χ1n) is 9.09. The fourth-order valence-corrected chi connectivity index (χ4v) is 5.15. The van der Waals surface area contributed by atoms with Crippen LogP contribution in [0.4, 0.5) is 16.0 Å². The molecule has 2 aromatic heterocycles. The third kappa shape index (κ3) is 3.70. The first-order chi connectivity index (χ1) is 13.0. The molecule has 4 N–H and O–H groups in total. The maximum atomic E-state index is 13.3. The number of hydrogen-bond donors (Lipinski definition) is 2. The monoisotopic (exact) mass is 408 g/mol. The summed E-state index contributed by atoms with van der Waals surface area (Å²) in [5.74, 6) is 0.478. The number of pyridine rings is 1. The maximum Gasteiger partial charge on any atom is 0.214 e. The molecule has 2 aromatic rings. The summed E-state index contributed by atoms with van der Waals surface area (Å²) < 4.78 is 13.3. The van der Waals surface area contributed by atoms with Crippen molar-refractivity contribution in [2.75, 3.05) is 23.7 Å². The predicted octanol–water partition coefficient (Wildman–Crippen LogP) is 3.50. The lowest BCUT2D eigenvalue weighted by Crippen LogP contribution is -2.47. The SMILES string of the molecule is Nc1nc(N2CCC3(CCCC3N)CC2)cnc1Sc1cc(F)ncc1Cl. The summed E-state index contributed by atoms with van der Waals surface area (Å²) in [6.45, 7) is 1.82. The average Bonchev–Trinajstić information content (AvgIpc) is 3.00. The standard InChI is InChI=1S/C18H22ClFN6S/c19-11-9-23-14(20)8-12(11)27-17-16(22)25-15(10-24-17)26-6-4-18(5-7-26)3-1-2-13(18)21/h8-10,13H,1-7,21H2,(H2,22,25). The molecule has 0 radical (unpaired) electrons. The summed E-state index contributed by atoms with van der Waals surface area (Å²) in [4.78, 5) is 15.2. The van der Waals surface area contributed by atoms with Crippen LogP contribution in [0, 0.1) is 11.4 Å². The zero-order valence-electron chi connectivity index (χ0n) is 14.9. The van der Waals surface area contributed by atoms with Gasteiger partial charge in [0.2, 0.25) is 5.95 Å². The summed E-state index contributed by atoms with van der Waals surface area (Å²) >= 11 is 7.25. The molecule has 9 heteroatoms. The minimum absolute atomic E-state index is 0.299. The fraction of sp³-hybridized carbons (Fsp3) is 0.500.